The Morgan fingerprint density at radius 2 is 1.56 bits per heavy atom. The van der Waals surface area contributed by atoms with Crippen molar-refractivity contribution >= 4 is 49.7 Å². The fourth-order valence-corrected chi connectivity index (χ4v) is 7.68. The summed E-state index contributed by atoms with van der Waals surface area (Å²) in [5, 5.41) is 13.8. The number of fused-ring (bicyclic) bond motifs is 8. The molecule has 2 unspecified atom stereocenters. The second-order valence-electron chi connectivity index (χ2n) is 10.2. The molecule has 3 aliphatic carbocycles. The van der Waals surface area contributed by atoms with Gasteiger partial charge in [0.2, 0.25) is 0 Å². The van der Waals surface area contributed by atoms with E-state index in [0.717, 1.165) is 16.8 Å². The average Bonchev–Trinajstić information content (AvgIpc) is 3.53. The number of hydrazine groups is 1. The van der Waals surface area contributed by atoms with Crippen LogP contribution in [-0.4, -0.2) is 11.8 Å². The molecular formula is C35H25N3S. The standard InChI is InChI=1S/C35H25N3S/c36-28-19-9-6-16-25(28)33(22-12-2-1-3-13-22)37-38-29-20-10-7-17-26(29)31-32-27-18-8-11-21-30(27)39-35(32)24-15-5-4-14-23(24)34(31)38/h1-21,23,34,36-37H/b33-25-,36-28?. The first-order valence-electron chi connectivity index (χ1n) is 13.3. The topological polar surface area (TPSA) is 39.1 Å². The van der Waals surface area contributed by atoms with Crippen molar-refractivity contribution < 1.29 is 0 Å². The highest BCUT2D eigenvalue weighted by molar-refractivity contribution is 7.17. The fourth-order valence-electron chi connectivity index (χ4n) is 6.39. The van der Waals surface area contributed by atoms with E-state index in [1.807, 2.05) is 41.7 Å². The molecule has 39 heavy (non-hydrogen) atoms. The van der Waals surface area contributed by atoms with E-state index in [9.17, 15) is 0 Å². The number of allylic oxidation sites excluding steroid dienone is 8. The molecule has 1 aromatic heterocycles. The van der Waals surface area contributed by atoms with Gasteiger partial charge in [-0.2, -0.15) is 0 Å². The lowest BCUT2D eigenvalue weighted by Crippen LogP contribution is -2.51. The maximum absolute atomic E-state index is 8.76. The number of thiophene rings is 1. The summed E-state index contributed by atoms with van der Waals surface area (Å²) in [7, 11) is 0. The van der Waals surface area contributed by atoms with E-state index in [4.69, 9.17) is 5.41 Å². The third-order valence-corrected chi connectivity index (χ3v) is 9.27. The number of nitrogens with zero attached hydrogens (tertiary/aromatic N) is 1. The molecule has 186 valence electrons. The summed E-state index contributed by atoms with van der Waals surface area (Å²) in [6, 6.07) is 28.0. The molecule has 2 N–H and O–H groups in total. The van der Waals surface area contributed by atoms with Gasteiger partial charge >= 0.3 is 0 Å². The first-order valence-corrected chi connectivity index (χ1v) is 14.1. The van der Waals surface area contributed by atoms with Gasteiger partial charge in [0.15, 0.2) is 0 Å². The Kier molecular flexibility index (Phi) is 4.97. The van der Waals surface area contributed by atoms with Crippen LogP contribution in [0.4, 0.5) is 5.69 Å². The molecule has 0 spiro atoms. The van der Waals surface area contributed by atoms with E-state index in [1.165, 1.54) is 42.2 Å². The Labute approximate surface area is 230 Å². The van der Waals surface area contributed by atoms with Gasteiger partial charge in [-0.3, -0.25) is 10.4 Å². The number of benzene rings is 3. The van der Waals surface area contributed by atoms with Crippen LogP contribution in [0.3, 0.4) is 0 Å². The van der Waals surface area contributed by atoms with Gasteiger partial charge in [-0.15, -0.1) is 11.3 Å². The summed E-state index contributed by atoms with van der Waals surface area (Å²) in [5.74, 6) is 0.203. The summed E-state index contributed by atoms with van der Waals surface area (Å²) in [4.78, 5) is 0. The van der Waals surface area contributed by atoms with Crippen molar-refractivity contribution in [2.24, 2.45) is 5.92 Å². The highest BCUT2D eigenvalue weighted by atomic mass is 32.1. The van der Waals surface area contributed by atoms with E-state index < -0.39 is 0 Å². The number of nitrogens with one attached hydrogen (secondary N) is 2. The zero-order valence-electron chi connectivity index (χ0n) is 21.1. The van der Waals surface area contributed by atoms with Gasteiger partial charge in [0.25, 0.3) is 0 Å². The van der Waals surface area contributed by atoms with Crippen molar-refractivity contribution in [1.29, 1.82) is 5.41 Å². The van der Waals surface area contributed by atoms with Gasteiger partial charge in [0.05, 0.1) is 23.1 Å². The first-order chi connectivity index (χ1) is 19.3. The van der Waals surface area contributed by atoms with Crippen LogP contribution in [0.15, 0.2) is 133 Å². The largest absolute Gasteiger partial charge is 0.300 e. The minimum absolute atomic E-state index is 0.0701. The zero-order valence-corrected chi connectivity index (χ0v) is 22.0. The molecule has 0 saturated heterocycles. The molecule has 0 fully saturated rings. The lowest BCUT2D eigenvalue weighted by molar-refractivity contribution is 0.612. The van der Waals surface area contributed by atoms with Gasteiger partial charge in [-0.1, -0.05) is 109 Å². The summed E-state index contributed by atoms with van der Waals surface area (Å²) in [5.41, 5.74) is 12.5. The Hall–Kier alpha value is -4.67. The first kappa shape index (κ1) is 22.3. The van der Waals surface area contributed by atoms with Crippen molar-refractivity contribution in [2.75, 3.05) is 5.01 Å². The molecule has 3 nitrogen and oxygen atoms in total. The van der Waals surface area contributed by atoms with Crippen LogP contribution < -0.4 is 20.2 Å². The van der Waals surface area contributed by atoms with Crippen molar-refractivity contribution in [3.8, 4) is 0 Å². The molecule has 2 atom stereocenters. The zero-order chi connectivity index (χ0) is 25.9. The van der Waals surface area contributed by atoms with Gasteiger partial charge in [0, 0.05) is 42.5 Å². The van der Waals surface area contributed by atoms with Gasteiger partial charge in [-0.25, -0.2) is 0 Å². The van der Waals surface area contributed by atoms with Gasteiger partial charge < -0.3 is 5.41 Å². The van der Waals surface area contributed by atoms with Gasteiger partial charge in [0.1, 0.15) is 0 Å². The number of rotatable bonds is 3. The molecule has 4 aliphatic rings. The van der Waals surface area contributed by atoms with Crippen LogP contribution in [0.25, 0.3) is 26.9 Å². The van der Waals surface area contributed by atoms with Crippen LogP contribution in [0.5, 0.6) is 0 Å². The van der Waals surface area contributed by atoms with E-state index >= 15 is 0 Å². The second kappa shape index (κ2) is 8.69. The molecule has 4 aromatic rings. The number of anilines is 1. The molecule has 4 heteroatoms. The van der Waals surface area contributed by atoms with Crippen LogP contribution in [-0.2, 0) is 0 Å². The Morgan fingerprint density at radius 3 is 2.46 bits per heavy atom. The third-order valence-electron chi connectivity index (χ3n) is 8.05. The molecule has 2 heterocycles. The van der Waals surface area contributed by atoms with E-state index in [0.29, 0.717) is 5.71 Å². The molecule has 0 radical (unpaired) electrons. The molecule has 1 aliphatic heterocycles. The number of hydrogen-bond acceptors (Lipinski definition) is 4. The maximum Gasteiger partial charge on any atom is 0.0870 e. The maximum atomic E-state index is 8.76. The molecule has 3 aromatic carbocycles. The summed E-state index contributed by atoms with van der Waals surface area (Å²) in [6.45, 7) is 0. The molecule has 8 rings (SSSR count). The number of para-hydroxylation sites is 1. The Balaban J connectivity index is 1.42. The normalized spacial score (nSPS) is 21.6. The van der Waals surface area contributed by atoms with Crippen LogP contribution in [0.2, 0.25) is 0 Å². The fraction of sp³-hybridized carbons (Fsp3) is 0.0571. The summed E-state index contributed by atoms with van der Waals surface area (Å²) < 4.78 is 2.71. The van der Waals surface area contributed by atoms with Crippen molar-refractivity contribution in [2.45, 2.75) is 6.04 Å². The summed E-state index contributed by atoms with van der Waals surface area (Å²) >= 11 is 1.91. The lowest BCUT2D eigenvalue weighted by atomic mass is 9.79. The van der Waals surface area contributed by atoms with E-state index in [-0.39, 0.29) is 12.0 Å². The highest BCUT2D eigenvalue weighted by Crippen LogP contribution is 2.46. The Morgan fingerprint density at radius 1 is 0.795 bits per heavy atom. The molecule has 0 bridgehead atoms. The smallest absolute Gasteiger partial charge is 0.0870 e. The Bertz CT molecular complexity index is 1970. The second-order valence-corrected chi connectivity index (χ2v) is 11.2. The van der Waals surface area contributed by atoms with Crippen LogP contribution in [0.1, 0.15) is 11.1 Å². The highest BCUT2D eigenvalue weighted by Gasteiger charge is 2.43. The number of hydrogen-bond donors (Lipinski definition) is 2. The third kappa shape index (κ3) is 3.32. The van der Waals surface area contributed by atoms with Crippen LogP contribution in [0, 0.1) is 11.3 Å². The predicted molar refractivity (Wildman–Crippen MR) is 164 cm³/mol. The molecule has 0 saturated carbocycles. The molecule has 0 amide bonds. The minimum Gasteiger partial charge on any atom is -0.300 e. The quantitative estimate of drug-likeness (QED) is 0.336. The van der Waals surface area contributed by atoms with Crippen LogP contribution >= 0.6 is 11.3 Å². The van der Waals surface area contributed by atoms with E-state index in [2.05, 4.69) is 108 Å². The average molecular weight is 520 g/mol. The van der Waals surface area contributed by atoms with Crippen molar-refractivity contribution in [1.82, 2.24) is 5.43 Å². The van der Waals surface area contributed by atoms with Crippen molar-refractivity contribution in [3.63, 3.8) is 0 Å². The van der Waals surface area contributed by atoms with Gasteiger partial charge in [-0.05, 0) is 29.4 Å². The predicted octanol–water partition coefficient (Wildman–Crippen LogP) is 6.26. The summed E-state index contributed by atoms with van der Waals surface area (Å²) in [6.07, 6.45) is 16.9. The SMILES string of the molecule is N=C1C=CC=C/C1=C(/NN1c2ccccc2C2=c3c(sc4ccccc34)=C3C=CC=CC3C21)c1ccccc1. The minimum atomic E-state index is 0.0701. The lowest BCUT2D eigenvalue weighted by Gasteiger charge is -2.37. The van der Waals surface area contributed by atoms with Crippen molar-refractivity contribution in [3.05, 3.63) is 154 Å². The monoisotopic (exact) mass is 519 g/mol. The van der Waals surface area contributed by atoms with E-state index in [1.54, 1.807) is 0 Å². The molecular weight excluding hydrogens is 494 g/mol.